The number of carbonyl (C=O) groups excluding carboxylic acids is 1. The Bertz CT molecular complexity index is 1540. The summed E-state index contributed by atoms with van der Waals surface area (Å²) in [6.07, 6.45) is 5.98. The average Bonchev–Trinajstić information content (AvgIpc) is 3.56. The molecule has 6 rings (SSSR count). The lowest BCUT2D eigenvalue weighted by Gasteiger charge is -2.37. The van der Waals surface area contributed by atoms with Crippen molar-refractivity contribution in [3.05, 3.63) is 156 Å². The van der Waals surface area contributed by atoms with Gasteiger partial charge in [-0.25, -0.2) is 4.98 Å². The molecule has 4 nitrogen and oxygen atoms in total. The molecule has 0 unspecified atom stereocenters. The van der Waals surface area contributed by atoms with E-state index in [0.29, 0.717) is 12.2 Å². The Morgan fingerprint density at radius 3 is 1.79 bits per heavy atom. The highest BCUT2D eigenvalue weighted by molar-refractivity contribution is 6.07. The summed E-state index contributed by atoms with van der Waals surface area (Å²) in [6.45, 7) is 3.95. The molecule has 0 aliphatic carbocycles. The number of Topliss-reactive ketones (excluding diaryl/α,β-unsaturated/α-hetero) is 1. The van der Waals surface area contributed by atoms with Crippen LogP contribution in [0.2, 0.25) is 0 Å². The van der Waals surface area contributed by atoms with Gasteiger partial charge in [-0.1, -0.05) is 115 Å². The zero-order valence-corrected chi connectivity index (χ0v) is 22.1. The minimum Gasteiger partial charge on any atom is -0.363 e. The summed E-state index contributed by atoms with van der Waals surface area (Å²) < 4.78 is 7.95. The van der Waals surface area contributed by atoms with E-state index in [1.54, 1.807) is 0 Å². The smallest absolute Gasteiger partial charge is 0.192 e. The van der Waals surface area contributed by atoms with Gasteiger partial charge in [0.25, 0.3) is 0 Å². The van der Waals surface area contributed by atoms with Crippen molar-refractivity contribution in [3.8, 4) is 11.3 Å². The molecule has 4 aromatic carbocycles. The molecule has 39 heavy (non-hydrogen) atoms. The number of benzene rings is 4. The van der Waals surface area contributed by atoms with Gasteiger partial charge in [-0.3, -0.25) is 4.79 Å². The van der Waals surface area contributed by atoms with Gasteiger partial charge in [0.1, 0.15) is 11.1 Å². The number of imidazole rings is 1. The third-order valence-corrected chi connectivity index (χ3v) is 7.54. The van der Waals surface area contributed by atoms with E-state index in [2.05, 4.69) is 89.6 Å². The van der Waals surface area contributed by atoms with Crippen LogP contribution < -0.4 is 0 Å². The molecule has 1 aromatic heterocycles. The van der Waals surface area contributed by atoms with Gasteiger partial charge in [0, 0.05) is 17.3 Å². The maximum atomic E-state index is 12.9. The van der Waals surface area contributed by atoms with E-state index < -0.39 is 11.1 Å². The van der Waals surface area contributed by atoms with E-state index in [9.17, 15) is 4.79 Å². The third-order valence-electron chi connectivity index (χ3n) is 7.54. The summed E-state index contributed by atoms with van der Waals surface area (Å²) >= 11 is 0. The monoisotopic (exact) mass is 510 g/mol. The number of ketones is 1. The summed E-state index contributed by atoms with van der Waals surface area (Å²) in [6, 6.07) is 39.7. The first kappa shape index (κ1) is 24.8. The van der Waals surface area contributed by atoms with Crippen LogP contribution in [0.1, 0.15) is 36.1 Å². The van der Waals surface area contributed by atoms with Crippen molar-refractivity contribution in [3.63, 3.8) is 0 Å². The van der Waals surface area contributed by atoms with E-state index in [1.165, 1.54) is 0 Å². The van der Waals surface area contributed by atoms with Crippen molar-refractivity contribution in [1.82, 2.24) is 9.55 Å². The average molecular weight is 511 g/mol. The van der Waals surface area contributed by atoms with Gasteiger partial charge in [0.15, 0.2) is 5.78 Å². The second-order valence-corrected chi connectivity index (χ2v) is 10.4. The fraction of sp³-hybridized carbons (Fsp3) is 0.143. The van der Waals surface area contributed by atoms with E-state index >= 15 is 0 Å². The van der Waals surface area contributed by atoms with Crippen LogP contribution in [-0.2, 0) is 15.1 Å². The Kier molecular flexibility index (Phi) is 6.34. The predicted molar refractivity (Wildman–Crippen MR) is 155 cm³/mol. The van der Waals surface area contributed by atoms with Crippen LogP contribution in [0.5, 0.6) is 0 Å². The molecule has 1 saturated heterocycles. The number of hydrogen-bond acceptors (Lipinski definition) is 3. The highest BCUT2D eigenvalue weighted by atomic mass is 16.5. The highest BCUT2D eigenvalue weighted by Gasteiger charge is 2.39. The molecule has 1 aliphatic heterocycles. The summed E-state index contributed by atoms with van der Waals surface area (Å²) in [4.78, 5) is 17.8. The molecule has 0 amide bonds. The molecule has 0 radical (unpaired) electrons. The van der Waals surface area contributed by atoms with Crippen molar-refractivity contribution in [2.24, 2.45) is 0 Å². The Morgan fingerprint density at radius 2 is 1.28 bits per heavy atom. The minimum atomic E-state index is -0.789. The van der Waals surface area contributed by atoms with Gasteiger partial charge >= 0.3 is 0 Å². The van der Waals surface area contributed by atoms with Crippen LogP contribution >= 0.6 is 0 Å². The summed E-state index contributed by atoms with van der Waals surface area (Å²) in [5, 5.41) is 0. The van der Waals surface area contributed by atoms with Crippen molar-refractivity contribution >= 4 is 11.9 Å². The highest BCUT2D eigenvalue weighted by Crippen LogP contribution is 2.41. The quantitative estimate of drug-likeness (QED) is 0.180. The standard InChI is InChI=1S/C35H30N2O2/c1-34(2)33(38)27(24-39-34)22-26-14-12-13-21-31(26)32-23-37(25-36-32)35(28-15-6-3-7-16-28,29-17-8-4-9-18-29)30-19-10-5-11-20-30/h3-23,25H,24H2,1-2H3. The molecule has 192 valence electrons. The van der Waals surface area contributed by atoms with E-state index in [4.69, 9.17) is 9.72 Å². The van der Waals surface area contributed by atoms with E-state index in [0.717, 1.165) is 33.5 Å². The second-order valence-electron chi connectivity index (χ2n) is 10.4. The molecule has 1 aliphatic rings. The Labute approximate surface area is 229 Å². The number of carbonyl (C=O) groups is 1. The first-order valence-electron chi connectivity index (χ1n) is 13.2. The molecule has 0 N–H and O–H groups in total. The summed E-state index contributed by atoms with van der Waals surface area (Å²) in [7, 11) is 0. The SMILES string of the molecule is CC1(C)OCC(=Cc2ccccc2-c2cn(C(c3ccccc3)(c3ccccc3)c3ccccc3)cn2)C1=O. The molecule has 5 aromatic rings. The van der Waals surface area contributed by atoms with E-state index in [1.807, 2.05) is 62.6 Å². The van der Waals surface area contributed by atoms with Crippen LogP contribution in [-0.4, -0.2) is 27.5 Å². The fourth-order valence-corrected chi connectivity index (χ4v) is 5.56. The maximum Gasteiger partial charge on any atom is 0.192 e. The normalized spacial score (nSPS) is 16.1. The van der Waals surface area contributed by atoms with Gasteiger partial charge in [-0.05, 0) is 42.2 Å². The van der Waals surface area contributed by atoms with E-state index in [-0.39, 0.29) is 5.78 Å². The number of aromatic nitrogens is 2. The van der Waals surface area contributed by atoms with Gasteiger partial charge in [-0.15, -0.1) is 0 Å². The van der Waals surface area contributed by atoms with Gasteiger partial charge in [0.2, 0.25) is 0 Å². The lowest BCUT2D eigenvalue weighted by atomic mass is 9.77. The van der Waals surface area contributed by atoms with Crippen molar-refractivity contribution in [1.29, 1.82) is 0 Å². The van der Waals surface area contributed by atoms with Gasteiger partial charge in [-0.2, -0.15) is 0 Å². The topological polar surface area (TPSA) is 44.1 Å². The molecular formula is C35H30N2O2. The lowest BCUT2D eigenvalue weighted by Crippen LogP contribution is -2.36. The van der Waals surface area contributed by atoms with Gasteiger partial charge < -0.3 is 9.30 Å². The fourth-order valence-electron chi connectivity index (χ4n) is 5.56. The van der Waals surface area contributed by atoms with Crippen LogP contribution in [0.15, 0.2) is 133 Å². The number of ether oxygens (including phenoxy) is 1. The number of hydrogen-bond donors (Lipinski definition) is 0. The molecule has 0 atom stereocenters. The molecule has 0 spiro atoms. The molecule has 1 fully saturated rings. The van der Waals surface area contributed by atoms with Crippen LogP contribution in [0, 0.1) is 0 Å². The molecule has 4 heteroatoms. The zero-order valence-electron chi connectivity index (χ0n) is 22.1. The van der Waals surface area contributed by atoms with Crippen molar-refractivity contribution < 1.29 is 9.53 Å². The largest absolute Gasteiger partial charge is 0.363 e. The zero-order chi connectivity index (χ0) is 26.9. The Hall–Kier alpha value is -4.54. The third kappa shape index (κ3) is 4.33. The van der Waals surface area contributed by atoms with Crippen molar-refractivity contribution in [2.45, 2.75) is 25.0 Å². The van der Waals surface area contributed by atoms with Crippen LogP contribution in [0.4, 0.5) is 0 Å². The van der Waals surface area contributed by atoms with Crippen molar-refractivity contribution in [2.75, 3.05) is 6.61 Å². The predicted octanol–water partition coefficient (Wildman–Crippen LogP) is 7.15. The van der Waals surface area contributed by atoms with Gasteiger partial charge in [0.05, 0.1) is 18.6 Å². The Morgan fingerprint density at radius 1 is 0.769 bits per heavy atom. The summed E-state index contributed by atoms with van der Waals surface area (Å²) in [5.74, 6) is 0.0269. The number of nitrogens with zero attached hydrogens (tertiary/aromatic N) is 2. The second kappa shape index (κ2) is 9.97. The molecule has 2 heterocycles. The first-order valence-corrected chi connectivity index (χ1v) is 13.2. The Balaban J connectivity index is 1.54. The molecule has 0 saturated carbocycles. The van der Waals surface area contributed by atoms with Crippen LogP contribution in [0.3, 0.4) is 0 Å². The lowest BCUT2D eigenvalue weighted by molar-refractivity contribution is -0.126. The first-order chi connectivity index (χ1) is 19.0. The summed E-state index contributed by atoms with van der Waals surface area (Å²) in [5.41, 5.74) is 5.40. The molecule has 0 bridgehead atoms. The number of rotatable bonds is 6. The molecular weight excluding hydrogens is 480 g/mol. The van der Waals surface area contributed by atoms with Crippen LogP contribution in [0.25, 0.3) is 17.3 Å². The maximum absolute atomic E-state index is 12.9. The minimum absolute atomic E-state index is 0.0269.